The predicted molar refractivity (Wildman–Crippen MR) is 79.1 cm³/mol. The van der Waals surface area contributed by atoms with E-state index in [-0.39, 0.29) is 11.3 Å². The molecule has 0 aromatic heterocycles. The van der Waals surface area contributed by atoms with Crippen LogP contribution in [-0.4, -0.2) is 18.2 Å². The number of halogens is 1. The van der Waals surface area contributed by atoms with Gasteiger partial charge in [-0.1, -0.05) is 17.7 Å². The summed E-state index contributed by atoms with van der Waals surface area (Å²) in [6.45, 7) is 0. The Morgan fingerprint density at radius 2 is 2.10 bits per heavy atom. The fourth-order valence-electron chi connectivity index (χ4n) is 1.75. The predicted octanol–water partition coefficient (Wildman–Crippen LogP) is 3.37. The van der Waals surface area contributed by atoms with Crippen molar-refractivity contribution in [2.45, 2.75) is 0 Å². The number of carboxylic acid groups (broad SMARTS) is 1. The molecular weight excluding hydrogens is 280 g/mol. The number of benzene rings is 2. The summed E-state index contributed by atoms with van der Waals surface area (Å²) in [4.78, 5) is 11.0. The van der Waals surface area contributed by atoms with Crippen molar-refractivity contribution in [3.63, 3.8) is 0 Å². The molecule has 2 rings (SSSR count). The molecule has 0 aliphatic heterocycles. The van der Waals surface area contributed by atoms with Crippen molar-refractivity contribution in [3.05, 3.63) is 47.0 Å². The van der Waals surface area contributed by atoms with Crippen LogP contribution in [0.15, 0.2) is 36.4 Å². The normalized spacial score (nSPS) is 10.1. The van der Waals surface area contributed by atoms with Crippen molar-refractivity contribution in [1.29, 1.82) is 0 Å². The summed E-state index contributed by atoms with van der Waals surface area (Å²) in [6, 6.07) is 9.90. The molecule has 0 spiro atoms. The molecule has 0 saturated heterocycles. The van der Waals surface area contributed by atoms with Gasteiger partial charge in [-0.25, -0.2) is 4.79 Å². The van der Waals surface area contributed by atoms with Crippen LogP contribution in [0, 0.1) is 0 Å². The lowest BCUT2D eigenvalue weighted by atomic mass is 10.1. The molecule has 4 N–H and O–H groups in total. The molecule has 0 amide bonds. The Morgan fingerprint density at radius 3 is 2.75 bits per heavy atom. The van der Waals surface area contributed by atoms with Crippen molar-refractivity contribution < 1.29 is 14.6 Å². The number of methoxy groups -OCH3 is 1. The minimum Gasteiger partial charge on any atom is -0.495 e. The number of ether oxygens (including phenoxy) is 1. The standard InChI is InChI=1S/C14H13ClN2O3/c1-20-12-7-8(5-6-10(12)15)17-11-4-2-3-9(13(11)16)14(18)19/h2-7,17H,16H2,1H3,(H,18,19). The first kappa shape index (κ1) is 14.0. The molecule has 2 aromatic rings. The molecule has 0 unspecified atom stereocenters. The summed E-state index contributed by atoms with van der Waals surface area (Å²) < 4.78 is 5.12. The van der Waals surface area contributed by atoms with Crippen LogP contribution in [0.1, 0.15) is 10.4 Å². The Hall–Kier alpha value is -2.40. The summed E-state index contributed by atoms with van der Waals surface area (Å²) >= 11 is 5.94. The van der Waals surface area contributed by atoms with Crippen LogP contribution >= 0.6 is 11.6 Å². The van der Waals surface area contributed by atoms with Gasteiger partial charge >= 0.3 is 5.97 Å². The summed E-state index contributed by atoms with van der Waals surface area (Å²) in [5.74, 6) is -0.551. The van der Waals surface area contributed by atoms with Crippen LogP contribution in [0.3, 0.4) is 0 Å². The first-order chi connectivity index (χ1) is 9.52. The molecule has 104 valence electrons. The van der Waals surface area contributed by atoms with E-state index in [1.807, 2.05) is 0 Å². The Morgan fingerprint density at radius 1 is 1.35 bits per heavy atom. The first-order valence-electron chi connectivity index (χ1n) is 5.75. The average Bonchev–Trinajstić information content (AvgIpc) is 2.42. The number of nitrogens with two attached hydrogens (primary N) is 1. The molecule has 0 bridgehead atoms. The number of nitrogen functional groups attached to an aromatic ring is 1. The molecule has 0 heterocycles. The van der Waals surface area contributed by atoms with E-state index in [1.54, 1.807) is 30.3 Å². The van der Waals surface area contributed by atoms with Crippen molar-refractivity contribution in [1.82, 2.24) is 0 Å². The second-order valence-electron chi connectivity index (χ2n) is 4.05. The molecule has 6 heteroatoms. The third-order valence-electron chi connectivity index (χ3n) is 2.77. The number of rotatable bonds is 4. The molecule has 0 atom stereocenters. The van der Waals surface area contributed by atoms with Crippen molar-refractivity contribution in [3.8, 4) is 5.75 Å². The third kappa shape index (κ3) is 2.78. The molecule has 5 nitrogen and oxygen atoms in total. The highest BCUT2D eigenvalue weighted by Crippen LogP contribution is 2.31. The van der Waals surface area contributed by atoms with E-state index in [1.165, 1.54) is 13.2 Å². The highest BCUT2D eigenvalue weighted by molar-refractivity contribution is 6.32. The maximum Gasteiger partial charge on any atom is 0.337 e. The minimum atomic E-state index is -1.07. The Kier molecular flexibility index (Phi) is 4.00. The molecular formula is C14H13ClN2O3. The Labute approximate surface area is 120 Å². The number of para-hydroxylation sites is 1. The van der Waals surface area contributed by atoms with E-state index in [4.69, 9.17) is 27.2 Å². The highest BCUT2D eigenvalue weighted by atomic mass is 35.5. The van der Waals surface area contributed by atoms with Crippen LogP contribution < -0.4 is 15.8 Å². The van der Waals surface area contributed by atoms with E-state index >= 15 is 0 Å². The van der Waals surface area contributed by atoms with Crippen LogP contribution in [-0.2, 0) is 0 Å². The van der Waals surface area contributed by atoms with Crippen molar-refractivity contribution in [2.24, 2.45) is 0 Å². The molecule has 2 aromatic carbocycles. The van der Waals surface area contributed by atoms with E-state index < -0.39 is 5.97 Å². The number of hydrogen-bond acceptors (Lipinski definition) is 4. The average molecular weight is 293 g/mol. The second-order valence-corrected chi connectivity index (χ2v) is 4.45. The zero-order valence-electron chi connectivity index (χ0n) is 10.7. The fraction of sp³-hybridized carbons (Fsp3) is 0.0714. The summed E-state index contributed by atoms with van der Waals surface area (Å²) in [5.41, 5.74) is 7.26. The number of aromatic carboxylic acids is 1. The smallest absolute Gasteiger partial charge is 0.337 e. The van der Waals surface area contributed by atoms with Crippen LogP contribution in [0.4, 0.5) is 17.1 Å². The summed E-state index contributed by atoms with van der Waals surface area (Å²) in [6.07, 6.45) is 0. The lowest BCUT2D eigenvalue weighted by molar-refractivity contribution is 0.0698. The Balaban J connectivity index is 2.35. The third-order valence-corrected chi connectivity index (χ3v) is 3.08. The molecule has 0 saturated carbocycles. The van der Waals surface area contributed by atoms with Crippen LogP contribution in [0.25, 0.3) is 0 Å². The summed E-state index contributed by atoms with van der Waals surface area (Å²) in [5, 5.41) is 12.6. The topological polar surface area (TPSA) is 84.6 Å². The van der Waals surface area contributed by atoms with Crippen LogP contribution in [0.5, 0.6) is 5.75 Å². The zero-order valence-corrected chi connectivity index (χ0v) is 11.4. The second kappa shape index (κ2) is 5.71. The van der Waals surface area contributed by atoms with Gasteiger partial charge in [0.25, 0.3) is 0 Å². The molecule has 20 heavy (non-hydrogen) atoms. The first-order valence-corrected chi connectivity index (χ1v) is 6.13. The zero-order chi connectivity index (χ0) is 14.7. The molecule has 0 aliphatic rings. The van der Waals surface area contributed by atoms with Gasteiger partial charge in [0, 0.05) is 11.8 Å². The van der Waals surface area contributed by atoms with Gasteiger partial charge in [-0.2, -0.15) is 0 Å². The van der Waals surface area contributed by atoms with Gasteiger partial charge in [-0.15, -0.1) is 0 Å². The lowest BCUT2D eigenvalue weighted by Crippen LogP contribution is -2.05. The molecule has 0 radical (unpaired) electrons. The number of carboxylic acids is 1. The van der Waals surface area contributed by atoms with Gasteiger partial charge in [-0.3, -0.25) is 0 Å². The monoisotopic (exact) mass is 292 g/mol. The van der Waals surface area contributed by atoms with E-state index in [0.29, 0.717) is 22.1 Å². The number of nitrogens with one attached hydrogen (secondary N) is 1. The van der Waals surface area contributed by atoms with Crippen molar-refractivity contribution >= 4 is 34.6 Å². The molecule has 0 fully saturated rings. The molecule has 0 aliphatic carbocycles. The maximum atomic E-state index is 11.0. The van der Waals surface area contributed by atoms with E-state index in [9.17, 15) is 4.79 Å². The SMILES string of the molecule is COc1cc(Nc2cccc(C(=O)O)c2N)ccc1Cl. The van der Waals surface area contributed by atoms with E-state index in [2.05, 4.69) is 5.32 Å². The quantitative estimate of drug-likeness (QED) is 0.752. The highest BCUT2D eigenvalue weighted by Gasteiger charge is 2.11. The van der Waals surface area contributed by atoms with Gasteiger partial charge in [0.1, 0.15) is 5.75 Å². The van der Waals surface area contributed by atoms with Gasteiger partial charge in [-0.05, 0) is 24.3 Å². The van der Waals surface area contributed by atoms with Gasteiger partial charge in [0.2, 0.25) is 0 Å². The number of anilines is 3. The number of carbonyl (C=O) groups is 1. The lowest BCUT2D eigenvalue weighted by Gasteiger charge is -2.12. The van der Waals surface area contributed by atoms with Gasteiger partial charge < -0.3 is 20.9 Å². The largest absolute Gasteiger partial charge is 0.495 e. The fourth-order valence-corrected chi connectivity index (χ4v) is 1.95. The van der Waals surface area contributed by atoms with Gasteiger partial charge in [0.05, 0.1) is 29.1 Å². The maximum absolute atomic E-state index is 11.0. The minimum absolute atomic E-state index is 0.0518. The van der Waals surface area contributed by atoms with Crippen molar-refractivity contribution in [2.75, 3.05) is 18.2 Å². The van der Waals surface area contributed by atoms with Gasteiger partial charge in [0.15, 0.2) is 0 Å². The number of hydrogen-bond donors (Lipinski definition) is 3. The Bertz CT molecular complexity index is 659. The van der Waals surface area contributed by atoms with E-state index in [0.717, 1.165) is 0 Å². The van der Waals surface area contributed by atoms with Crippen LogP contribution in [0.2, 0.25) is 5.02 Å². The summed E-state index contributed by atoms with van der Waals surface area (Å²) in [7, 11) is 1.52.